The summed E-state index contributed by atoms with van der Waals surface area (Å²) in [4.78, 5) is 16.7. The highest BCUT2D eigenvalue weighted by molar-refractivity contribution is 6.35. The molecular weight excluding hydrogens is 335 g/mol. The number of nitrogens with one attached hydrogen (secondary N) is 2. The maximum absolute atomic E-state index is 12.0. The molecule has 0 saturated carbocycles. The van der Waals surface area contributed by atoms with Gasteiger partial charge >= 0.3 is 6.03 Å². The number of amides is 2. The van der Waals surface area contributed by atoms with Crippen molar-refractivity contribution in [1.29, 1.82) is 0 Å². The number of anilines is 1. The SMILES string of the molecule is CC(CNC(=O)Nc1cc(Cl)ccc1Cl)CN1CCN(C)CC1. The highest BCUT2D eigenvalue weighted by Crippen LogP contribution is 2.25. The summed E-state index contributed by atoms with van der Waals surface area (Å²) in [5, 5.41) is 6.62. The van der Waals surface area contributed by atoms with Gasteiger partial charge in [0.1, 0.15) is 0 Å². The van der Waals surface area contributed by atoms with Crippen LogP contribution in [0.3, 0.4) is 0 Å². The van der Waals surface area contributed by atoms with E-state index < -0.39 is 0 Å². The molecule has 1 atom stereocenters. The molecule has 7 heteroatoms. The van der Waals surface area contributed by atoms with Crippen molar-refractivity contribution in [2.75, 3.05) is 51.6 Å². The van der Waals surface area contributed by atoms with Crippen molar-refractivity contribution in [3.05, 3.63) is 28.2 Å². The number of hydrogen-bond donors (Lipinski definition) is 2. The summed E-state index contributed by atoms with van der Waals surface area (Å²) >= 11 is 11.9. The van der Waals surface area contributed by atoms with E-state index in [4.69, 9.17) is 23.2 Å². The summed E-state index contributed by atoms with van der Waals surface area (Å²) in [5.41, 5.74) is 0.517. The smallest absolute Gasteiger partial charge is 0.319 e. The molecule has 2 amide bonds. The molecule has 1 aromatic carbocycles. The van der Waals surface area contributed by atoms with Crippen LogP contribution in [0.2, 0.25) is 10.0 Å². The molecule has 0 bridgehead atoms. The lowest BCUT2D eigenvalue weighted by Crippen LogP contribution is -2.47. The maximum Gasteiger partial charge on any atom is 0.319 e. The molecule has 1 saturated heterocycles. The van der Waals surface area contributed by atoms with E-state index in [0.717, 1.165) is 32.7 Å². The van der Waals surface area contributed by atoms with Gasteiger partial charge < -0.3 is 20.4 Å². The third-order valence-corrected chi connectivity index (χ3v) is 4.52. The molecule has 0 spiro atoms. The number of nitrogens with zero attached hydrogens (tertiary/aromatic N) is 2. The Morgan fingerprint density at radius 3 is 2.65 bits per heavy atom. The summed E-state index contributed by atoms with van der Waals surface area (Å²) in [6, 6.07) is 4.72. The van der Waals surface area contributed by atoms with Crippen molar-refractivity contribution in [2.24, 2.45) is 5.92 Å². The number of carbonyl (C=O) groups is 1. The van der Waals surface area contributed by atoms with Crippen LogP contribution in [0.25, 0.3) is 0 Å². The third-order valence-electron chi connectivity index (χ3n) is 3.95. The summed E-state index contributed by atoms with van der Waals surface area (Å²) in [6.45, 7) is 8.14. The highest BCUT2D eigenvalue weighted by Gasteiger charge is 2.16. The van der Waals surface area contributed by atoms with Crippen LogP contribution < -0.4 is 10.6 Å². The number of benzene rings is 1. The second kappa shape index (κ2) is 8.73. The Kier molecular flexibility index (Phi) is 6.96. The number of halogens is 2. The molecular formula is C16H24Cl2N4O. The van der Waals surface area contributed by atoms with Crippen LogP contribution in [0.5, 0.6) is 0 Å². The molecule has 23 heavy (non-hydrogen) atoms. The molecule has 5 nitrogen and oxygen atoms in total. The minimum Gasteiger partial charge on any atom is -0.338 e. The van der Waals surface area contributed by atoms with Crippen molar-refractivity contribution in [1.82, 2.24) is 15.1 Å². The monoisotopic (exact) mass is 358 g/mol. The average molecular weight is 359 g/mol. The standard InChI is InChI=1S/C16H24Cl2N4O/c1-12(11-22-7-5-21(2)6-8-22)10-19-16(23)20-15-9-13(17)3-4-14(15)18/h3-4,9,12H,5-8,10-11H2,1-2H3,(H2,19,20,23). The fraction of sp³-hybridized carbons (Fsp3) is 0.562. The van der Waals surface area contributed by atoms with Crippen LogP contribution in [0.1, 0.15) is 6.92 Å². The minimum atomic E-state index is -0.264. The van der Waals surface area contributed by atoms with Crippen molar-refractivity contribution >= 4 is 34.9 Å². The maximum atomic E-state index is 12.0. The Balaban J connectivity index is 1.72. The van der Waals surface area contributed by atoms with E-state index in [2.05, 4.69) is 34.4 Å². The molecule has 0 aromatic heterocycles. The highest BCUT2D eigenvalue weighted by atomic mass is 35.5. The van der Waals surface area contributed by atoms with Crippen LogP contribution in [-0.4, -0.2) is 62.1 Å². The van der Waals surface area contributed by atoms with E-state index >= 15 is 0 Å². The molecule has 0 aliphatic carbocycles. The van der Waals surface area contributed by atoms with Gasteiger partial charge in [-0.25, -0.2) is 4.79 Å². The minimum absolute atomic E-state index is 0.264. The zero-order valence-electron chi connectivity index (χ0n) is 13.6. The first-order valence-corrected chi connectivity index (χ1v) is 8.60. The summed E-state index contributed by atoms with van der Waals surface area (Å²) in [5.74, 6) is 0.388. The summed E-state index contributed by atoms with van der Waals surface area (Å²) < 4.78 is 0. The van der Waals surface area contributed by atoms with Gasteiger partial charge in [0.05, 0.1) is 10.7 Å². The molecule has 1 heterocycles. The molecule has 1 aliphatic rings. The molecule has 2 rings (SSSR count). The quantitative estimate of drug-likeness (QED) is 0.850. The van der Waals surface area contributed by atoms with Gasteiger partial charge in [-0.2, -0.15) is 0 Å². The molecule has 0 radical (unpaired) electrons. The summed E-state index contributed by atoms with van der Waals surface area (Å²) in [7, 11) is 2.15. The largest absolute Gasteiger partial charge is 0.338 e. The van der Waals surface area contributed by atoms with E-state index in [1.165, 1.54) is 0 Å². The van der Waals surface area contributed by atoms with E-state index in [9.17, 15) is 4.79 Å². The number of piperazine rings is 1. The van der Waals surface area contributed by atoms with Gasteiger partial charge in [-0.1, -0.05) is 30.1 Å². The van der Waals surface area contributed by atoms with Gasteiger partial charge in [0.2, 0.25) is 0 Å². The van der Waals surface area contributed by atoms with Crippen molar-refractivity contribution in [3.63, 3.8) is 0 Å². The Morgan fingerprint density at radius 2 is 1.96 bits per heavy atom. The molecule has 1 fully saturated rings. The van der Waals surface area contributed by atoms with Gasteiger partial charge in [-0.3, -0.25) is 0 Å². The van der Waals surface area contributed by atoms with Crippen LogP contribution in [-0.2, 0) is 0 Å². The lowest BCUT2D eigenvalue weighted by Gasteiger charge is -2.33. The van der Waals surface area contributed by atoms with E-state index in [1.54, 1.807) is 18.2 Å². The molecule has 2 N–H and O–H groups in total. The van der Waals surface area contributed by atoms with E-state index in [1.807, 2.05) is 0 Å². The van der Waals surface area contributed by atoms with Crippen molar-refractivity contribution in [3.8, 4) is 0 Å². The summed E-state index contributed by atoms with van der Waals surface area (Å²) in [6.07, 6.45) is 0. The van der Waals surface area contributed by atoms with E-state index in [-0.39, 0.29) is 6.03 Å². The molecule has 1 aromatic rings. The van der Waals surface area contributed by atoms with Gasteiger partial charge in [0, 0.05) is 44.3 Å². The van der Waals surface area contributed by atoms with Crippen molar-refractivity contribution in [2.45, 2.75) is 6.92 Å². The van der Waals surface area contributed by atoms with Crippen molar-refractivity contribution < 1.29 is 4.79 Å². The number of likely N-dealkylation sites (N-methyl/N-ethyl adjacent to an activating group) is 1. The first-order chi connectivity index (χ1) is 10.9. The van der Waals surface area contributed by atoms with Crippen LogP contribution in [0.4, 0.5) is 10.5 Å². The van der Waals surface area contributed by atoms with Gasteiger partial charge in [0.25, 0.3) is 0 Å². The average Bonchev–Trinajstić information content (AvgIpc) is 2.51. The van der Waals surface area contributed by atoms with Gasteiger partial charge in [0.15, 0.2) is 0 Å². The lowest BCUT2D eigenvalue weighted by molar-refractivity contribution is 0.138. The van der Waals surface area contributed by atoms with Crippen LogP contribution in [0.15, 0.2) is 18.2 Å². The predicted molar refractivity (Wildman–Crippen MR) is 96.6 cm³/mol. The third kappa shape index (κ3) is 6.18. The van der Waals surface area contributed by atoms with E-state index in [0.29, 0.717) is 28.2 Å². The van der Waals surface area contributed by atoms with Crippen LogP contribution in [0, 0.1) is 5.92 Å². The number of hydrogen-bond acceptors (Lipinski definition) is 3. The molecule has 1 aliphatic heterocycles. The zero-order chi connectivity index (χ0) is 16.8. The Hall–Kier alpha value is -1.01. The fourth-order valence-corrected chi connectivity index (χ4v) is 2.90. The predicted octanol–water partition coefficient (Wildman–Crippen LogP) is 3.00. The first kappa shape index (κ1) is 18.3. The zero-order valence-corrected chi connectivity index (χ0v) is 15.1. The number of carbonyl (C=O) groups excluding carboxylic acids is 1. The fourth-order valence-electron chi connectivity index (χ4n) is 2.56. The molecule has 1 unspecified atom stereocenters. The topological polar surface area (TPSA) is 47.6 Å². The molecule has 128 valence electrons. The van der Waals surface area contributed by atoms with Crippen LogP contribution >= 0.6 is 23.2 Å². The van der Waals surface area contributed by atoms with Gasteiger partial charge in [-0.15, -0.1) is 0 Å². The normalized spacial score (nSPS) is 17.7. The number of urea groups is 1. The number of rotatable bonds is 5. The second-order valence-electron chi connectivity index (χ2n) is 6.17. The lowest BCUT2D eigenvalue weighted by atomic mass is 10.1. The first-order valence-electron chi connectivity index (χ1n) is 7.85. The Labute approximate surface area is 147 Å². The Morgan fingerprint density at radius 1 is 1.26 bits per heavy atom. The Bertz CT molecular complexity index is 533. The second-order valence-corrected chi connectivity index (χ2v) is 7.01. The van der Waals surface area contributed by atoms with Gasteiger partial charge in [-0.05, 0) is 31.2 Å².